The van der Waals surface area contributed by atoms with E-state index in [1.165, 1.54) is 0 Å². The summed E-state index contributed by atoms with van der Waals surface area (Å²) in [6, 6.07) is 21.7. The van der Waals surface area contributed by atoms with Gasteiger partial charge in [-0.15, -0.1) is 0 Å². The van der Waals surface area contributed by atoms with Gasteiger partial charge in [-0.2, -0.15) is 0 Å². The molecule has 3 amide bonds. The Bertz CT molecular complexity index is 1170. The number of amides is 3. The monoisotopic (exact) mass is 443 g/mol. The lowest BCUT2D eigenvalue weighted by Crippen LogP contribution is -2.50. The minimum absolute atomic E-state index is 0.124. The summed E-state index contributed by atoms with van der Waals surface area (Å²) in [6.45, 7) is 1.58. The van der Waals surface area contributed by atoms with Crippen LogP contribution in [0.1, 0.15) is 11.1 Å². The molecule has 3 aromatic rings. The molecule has 33 heavy (non-hydrogen) atoms. The van der Waals surface area contributed by atoms with Gasteiger partial charge in [0.2, 0.25) is 5.91 Å². The van der Waals surface area contributed by atoms with E-state index in [0.717, 1.165) is 23.2 Å². The molecule has 0 bridgehead atoms. The van der Waals surface area contributed by atoms with Crippen molar-refractivity contribution >= 4 is 23.3 Å². The van der Waals surface area contributed by atoms with Crippen molar-refractivity contribution in [3.05, 3.63) is 83.9 Å². The molecule has 0 aliphatic carbocycles. The van der Waals surface area contributed by atoms with Gasteiger partial charge in [-0.3, -0.25) is 4.79 Å². The number of anilines is 2. The van der Waals surface area contributed by atoms with E-state index in [1.54, 1.807) is 23.1 Å². The van der Waals surface area contributed by atoms with Gasteiger partial charge >= 0.3 is 6.03 Å². The zero-order chi connectivity index (χ0) is 22.6. The molecule has 2 N–H and O–H groups in total. The van der Waals surface area contributed by atoms with E-state index in [2.05, 4.69) is 10.6 Å². The first-order valence-electron chi connectivity index (χ1n) is 11.1. The number of nitrogens with one attached hydrogen (secondary N) is 2. The van der Waals surface area contributed by atoms with Gasteiger partial charge in [0.05, 0.1) is 0 Å². The van der Waals surface area contributed by atoms with E-state index in [9.17, 15) is 9.59 Å². The number of carbonyl (C=O) groups excluding carboxylic acids is 2. The highest BCUT2D eigenvalue weighted by Crippen LogP contribution is 2.32. The van der Waals surface area contributed by atoms with Crippen molar-refractivity contribution in [2.45, 2.75) is 18.9 Å². The van der Waals surface area contributed by atoms with Crippen molar-refractivity contribution in [1.29, 1.82) is 0 Å². The molecular weight excluding hydrogens is 418 g/mol. The minimum Gasteiger partial charge on any atom is -0.486 e. The number of hydrogen-bond donors (Lipinski definition) is 2. The lowest BCUT2D eigenvalue weighted by atomic mass is 10.0. The fourth-order valence-electron chi connectivity index (χ4n) is 4.25. The van der Waals surface area contributed by atoms with E-state index < -0.39 is 12.1 Å². The van der Waals surface area contributed by atoms with Gasteiger partial charge in [0, 0.05) is 30.4 Å². The van der Waals surface area contributed by atoms with E-state index in [0.29, 0.717) is 43.4 Å². The zero-order valence-corrected chi connectivity index (χ0v) is 18.1. The van der Waals surface area contributed by atoms with Gasteiger partial charge < -0.3 is 25.0 Å². The van der Waals surface area contributed by atoms with Crippen molar-refractivity contribution < 1.29 is 19.1 Å². The highest BCUT2D eigenvalue weighted by Gasteiger charge is 2.31. The Morgan fingerprint density at radius 2 is 1.67 bits per heavy atom. The first kappa shape index (κ1) is 20.9. The molecule has 2 aliphatic heterocycles. The van der Waals surface area contributed by atoms with Crippen molar-refractivity contribution in [2.24, 2.45) is 0 Å². The highest BCUT2D eigenvalue weighted by atomic mass is 16.6. The van der Waals surface area contributed by atoms with Crippen molar-refractivity contribution in [3.63, 3.8) is 0 Å². The number of para-hydroxylation sites is 1. The average molecular weight is 444 g/mol. The van der Waals surface area contributed by atoms with Crippen molar-refractivity contribution in [1.82, 2.24) is 5.32 Å². The number of hydrogen-bond acceptors (Lipinski definition) is 4. The molecular formula is C26H25N3O4. The highest BCUT2D eigenvalue weighted by molar-refractivity contribution is 6.02. The summed E-state index contributed by atoms with van der Waals surface area (Å²) < 4.78 is 11.1. The molecule has 0 saturated carbocycles. The first-order valence-corrected chi connectivity index (χ1v) is 11.1. The molecule has 2 heterocycles. The summed E-state index contributed by atoms with van der Waals surface area (Å²) in [4.78, 5) is 28.2. The second-order valence-electron chi connectivity index (χ2n) is 8.07. The molecule has 0 unspecified atom stereocenters. The third-order valence-electron chi connectivity index (χ3n) is 5.84. The minimum atomic E-state index is -0.712. The summed E-state index contributed by atoms with van der Waals surface area (Å²) in [5.74, 6) is 1.11. The smallest absolute Gasteiger partial charge is 0.319 e. The van der Waals surface area contributed by atoms with Crippen molar-refractivity contribution in [2.75, 3.05) is 30.0 Å². The number of urea groups is 1. The number of carbonyl (C=O) groups is 2. The summed E-state index contributed by atoms with van der Waals surface area (Å²) in [5.41, 5.74) is 3.59. The lowest BCUT2D eigenvalue weighted by Gasteiger charge is -2.25. The van der Waals surface area contributed by atoms with Crippen LogP contribution in [0, 0.1) is 0 Å². The molecule has 5 rings (SSSR count). The average Bonchev–Trinajstić information content (AvgIpc) is 3.28. The topological polar surface area (TPSA) is 79.9 Å². The van der Waals surface area contributed by atoms with Crippen LogP contribution in [0.25, 0.3) is 0 Å². The summed E-state index contributed by atoms with van der Waals surface area (Å²) >= 11 is 0. The fourth-order valence-corrected chi connectivity index (χ4v) is 4.25. The van der Waals surface area contributed by atoms with E-state index in [-0.39, 0.29) is 5.91 Å². The van der Waals surface area contributed by atoms with Crippen LogP contribution in [-0.2, 0) is 17.6 Å². The SMILES string of the molecule is O=C(Nc1ccc2c(c1)OCCO2)N[C@H](Cc1ccccc1)C(=O)N1CCc2ccccc21. The Kier molecular flexibility index (Phi) is 5.85. The van der Waals surface area contributed by atoms with Crippen LogP contribution in [0.5, 0.6) is 11.5 Å². The number of fused-ring (bicyclic) bond motifs is 2. The normalized spacial score (nSPS) is 14.8. The largest absolute Gasteiger partial charge is 0.486 e. The Morgan fingerprint density at radius 1 is 0.909 bits per heavy atom. The standard InChI is InChI=1S/C26H25N3O4/c30-25(29-13-12-19-8-4-5-9-22(19)29)21(16-18-6-2-1-3-7-18)28-26(31)27-20-10-11-23-24(17-20)33-15-14-32-23/h1-11,17,21H,12-16H2,(H2,27,28,31)/t21-/m1/s1. The van der Waals surface area contributed by atoms with Gasteiger partial charge in [0.25, 0.3) is 0 Å². The van der Waals surface area contributed by atoms with E-state index in [4.69, 9.17) is 9.47 Å². The summed E-state index contributed by atoms with van der Waals surface area (Å²) in [7, 11) is 0. The molecule has 1 atom stereocenters. The number of rotatable bonds is 5. The predicted molar refractivity (Wildman–Crippen MR) is 126 cm³/mol. The Labute approximate surface area is 192 Å². The molecule has 7 heteroatoms. The van der Waals surface area contributed by atoms with Crippen LogP contribution in [0.15, 0.2) is 72.8 Å². The van der Waals surface area contributed by atoms with Crippen LogP contribution in [0.4, 0.5) is 16.2 Å². The van der Waals surface area contributed by atoms with Gasteiger partial charge in [-0.1, -0.05) is 48.5 Å². The number of benzene rings is 3. The molecule has 2 aliphatic rings. The van der Waals surface area contributed by atoms with Crippen LogP contribution in [-0.4, -0.2) is 37.7 Å². The van der Waals surface area contributed by atoms with E-state index >= 15 is 0 Å². The Hall–Kier alpha value is -4.00. The maximum absolute atomic E-state index is 13.5. The summed E-state index contributed by atoms with van der Waals surface area (Å²) in [5, 5.41) is 5.70. The Balaban J connectivity index is 1.33. The molecule has 0 saturated heterocycles. The van der Waals surface area contributed by atoms with Gasteiger partial charge in [0.15, 0.2) is 11.5 Å². The van der Waals surface area contributed by atoms with Crippen molar-refractivity contribution in [3.8, 4) is 11.5 Å². The molecule has 3 aromatic carbocycles. The molecule has 0 radical (unpaired) electrons. The summed E-state index contributed by atoms with van der Waals surface area (Å²) in [6.07, 6.45) is 1.20. The zero-order valence-electron chi connectivity index (χ0n) is 18.1. The van der Waals surface area contributed by atoms with Crippen LogP contribution in [0.3, 0.4) is 0 Å². The maximum Gasteiger partial charge on any atom is 0.319 e. The molecule has 7 nitrogen and oxygen atoms in total. The molecule has 168 valence electrons. The van der Waals surface area contributed by atoms with Gasteiger partial charge in [-0.05, 0) is 35.7 Å². The predicted octanol–water partition coefficient (Wildman–Crippen LogP) is 3.78. The Morgan fingerprint density at radius 3 is 2.52 bits per heavy atom. The third kappa shape index (κ3) is 4.62. The molecule has 0 spiro atoms. The number of nitrogens with zero attached hydrogens (tertiary/aromatic N) is 1. The van der Waals surface area contributed by atoms with Crippen LogP contribution < -0.4 is 25.0 Å². The number of ether oxygens (including phenoxy) is 2. The first-order chi connectivity index (χ1) is 16.2. The van der Waals surface area contributed by atoms with Gasteiger partial charge in [-0.25, -0.2) is 4.79 Å². The van der Waals surface area contributed by atoms with Gasteiger partial charge in [0.1, 0.15) is 19.3 Å². The second kappa shape index (κ2) is 9.24. The second-order valence-corrected chi connectivity index (χ2v) is 8.07. The molecule has 0 aromatic heterocycles. The lowest BCUT2D eigenvalue weighted by molar-refractivity contribution is -0.120. The van der Waals surface area contributed by atoms with E-state index in [1.807, 2.05) is 54.6 Å². The quantitative estimate of drug-likeness (QED) is 0.629. The third-order valence-corrected chi connectivity index (χ3v) is 5.84. The molecule has 0 fully saturated rings. The van der Waals surface area contributed by atoms with Crippen LogP contribution in [0.2, 0.25) is 0 Å². The fraction of sp³-hybridized carbons (Fsp3) is 0.231. The maximum atomic E-state index is 13.5. The van der Waals surface area contributed by atoms with Crippen LogP contribution >= 0.6 is 0 Å².